The van der Waals surface area contributed by atoms with Gasteiger partial charge in [0.1, 0.15) is 0 Å². The number of nitro benzene ring substituents is 1. The molecule has 0 bridgehead atoms. The zero-order valence-corrected chi connectivity index (χ0v) is 11.9. The molecule has 0 unspecified atom stereocenters. The van der Waals surface area contributed by atoms with E-state index >= 15 is 0 Å². The van der Waals surface area contributed by atoms with Gasteiger partial charge < -0.3 is 5.32 Å². The van der Waals surface area contributed by atoms with Gasteiger partial charge in [-0.2, -0.15) is 0 Å². The summed E-state index contributed by atoms with van der Waals surface area (Å²) in [7, 11) is 0. The Morgan fingerprint density at radius 2 is 2.11 bits per heavy atom. The van der Waals surface area contributed by atoms with Crippen molar-refractivity contribution in [3.05, 3.63) is 38.9 Å². The summed E-state index contributed by atoms with van der Waals surface area (Å²) in [5.74, 6) is 0. The Kier molecular flexibility index (Phi) is 4.42. The smallest absolute Gasteiger partial charge is 0.269 e. The molecule has 0 aliphatic heterocycles. The quantitative estimate of drug-likeness (QED) is 0.658. The molecule has 1 fully saturated rings. The second-order valence-corrected chi connectivity index (χ2v) is 6.06. The summed E-state index contributed by atoms with van der Waals surface area (Å²) in [6.45, 7) is 3.81. The molecule has 1 saturated carbocycles. The van der Waals surface area contributed by atoms with Gasteiger partial charge in [-0.05, 0) is 29.9 Å². The molecule has 1 aliphatic rings. The maximum absolute atomic E-state index is 10.7. The predicted molar refractivity (Wildman–Crippen MR) is 76.4 cm³/mol. The average Bonchev–Trinajstić information content (AvgIpc) is 2.78. The average molecular weight is 283 g/mol. The molecule has 19 heavy (non-hydrogen) atoms. The van der Waals surface area contributed by atoms with Gasteiger partial charge in [-0.15, -0.1) is 0 Å². The topological polar surface area (TPSA) is 55.2 Å². The predicted octanol–water partition coefficient (Wildman–Crippen LogP) is 3.92. The lowest BCUT2D eigenvalue weighted by Crippen LogP contribution is -2.29. The summed E-state index contributed by atoms with van der Waals surface area (Å²) in [6.07, 6.45) is 5.11. The van der Waals surface area contributed by atoms with E-state index < -0.39 is 4.92 Å². The molecule has 1 N–H and O–H groups in total. The lowest BCUT2D eigenvalue weighted by atomic mass is 9.89. The molecule has 2 rings (SSSR count). The molecule has 4 nitrogen and oxygen atoms in total. The second-order valence-electron chi connectivity index (χ2n) is 5.65. The van der Waals surface area contributed by atoms with Gasteiger partial charge in [0.15, 0.2) is 0 Å². The molecule has 0 atom stereocenters. The Hall–Kier alpha value is -1.13. The fourth-order valence-corrected chi connectivity index (χ4v) is 2.90. The van der Waals surface area contributed by atoms with Gasteiger partial charge in [0, 0.05) is 30.2 Å². The molecule has 0 aromatic heterocycles. The normalized spacial score (nSPS) is 17.6. The molecule has 1 aliphatic carbocycles. The summed E-state index contributed by atoms with van der Waals surface area (Å²) in [6, 6.07) is 4.57. The highest BCUT2D eigenvalue weighted by atomic mass is 35.5. The lowest BCUT2D eigenvalue weighted by Gasteiger charge is -2.23. The van der Waals surface area contributed by atoms with E-state index in [1.165, 1.54) is 31.7 Å². The van der Waals surface area contributed by atoms with Crippen LogP contribution in [0.2, 0.25) is 5.02 Å². The fourth-order valence-electron chi connectivity index (χ4n) is 2.71. The first-order chi connectivity index (χ1) is 9.00. The van der Waals surface area contributed by atoms with E-state index in [1.807, 2.05) is 0 Å². The molecule has 0 heterocycles. The van der Waals surface area contributed by atoms with E-state index in [1.54, 1.807) is 12.1 Å². The second kappa shape index (κ2) is 5.88. The molecular weight excluding hydrogens is 264 g/mol. The van der Waals surface area contributed by atoms with Crippen LogP contribution in [0.5, 0.6) is 0 Å². The maximum atomic E-state index is 10.7. The highest BCUT2D eigenvalue weighted by Gasteiger charge is 2.27. The van der Waals surface area contributed by atoms with Gasteiger partial charge >= 0.3 is 0 Å². The van der Waals surface area contributed by atoms with Crippen LogP contribution in [0, 0.1) is 15.5 Å². The number of hydrogen-bond acceptors (Lipinski definition) is 3. The Morgan fingerprint density at radius 1 is 1.42 bits per heavy atom. The van der Waals surface area contributed by atoms with Crippen molar-refractivity contribution in [3.8, 4) is 0 Å². The number of nitrogens with one attached hydrogen (secondary N) is 1. The third-order valence-electron chi connectivity index (χ3n) is 3.92. The number of rotatable bonds is 5. The van der Waals surface area contributed by atoms with Crippen molar-refractivity contribution in [1.29, 1.82) is 0 Å². The van der Waals surface area contributed by atoms with Crippen LogP contribution in [0.4, 0.5) is 5.69 Å². The van der Waals surface area contributed by atoms with Crippen LogP contribution in [-0.2, 0) is 6.54 Å². The van der Waals surface area contributed by atoms with Crippen molar-refractivity contribution in [2.24, 2.45) is 5.41 Å². The third-order valence-corrected chi connectivity index (χ3v) is 4.29. The standard InChI is InChI=1S/C14H19ClN2O2/c1-14(6-2-3-7-14)10-16-9-11-8-12(17(18)19)4-5-13(11)15/h4-5,8,16H,2-3,6-7,9-10H2,1H3. The van der Waals surface area contributed by atoms with Crippen LogP contribution in [0.3, 0.4) is 0 Å². The molecule has 1 aromatic rings. The van der Waals surface area contributed by atoms with Crippen LogP contribution < -0.4 is 5.32 Å². The van der Waals surface area contributed by atoms with Crippen LogP contribution in [0.25, 0.3) is 0 Å². The zero-order valence-electron chi connectivity index (χ0n) is 11.1. The number of hydrogen-bond donors (Lipinski definition) is 1. The molecule has 0 amide bonds. The highest BCUT2D eigenvalue weighted by Crippen LogP contribution is 2.36. The van der Waals surface area contributed by atoms with Crippen molar-refractivity contribution in [2.45, 2.75) is 39.2 Å². The SMILES string of the molecule is CC1(CNCc2cc([N+](=O)[O-])ccc2Cl)CCCC1. The van der Waals surface area contributed by atoms with E-state index in [2.05, 4.69) is 12.2 Å². The van der Waals surface area contributed by atoms with E-state index in [-0.39, 0.29) is 5.69 Å². The van der Waals surface area contributed by atoms with Crippen molar-refractivity contribution in [2.75, 3.05) is 6.54 Å². The molecule has 1 aromatic carbocycles. The Labute approximate surface area is 118 Å². The van der Waals surface area contributed by atoms with Crippen molar-refractivity contribution < 1.29 is 4.92 Å². The van der Waals surface area contributed by atoms with Gasteiger partial charge in [-0.1, -0.05) is 31.4 Å². The van der Waals surface area contributed by atoms with Crippen molar-refractivity contribution in [1.82, 2.24) is 5.32 Å². The van der Waals surface area contributed by atoms with Gasteiger partial charge in [-0.3, -0.25) is 10.1 Å². The minimum atomic E-state index is -0.391. The summed E-state index contributed by atoms with van der Waals surface area (Å²) < 4.78 is 0. The first-order valence-corrected chi connectivity index (χ1v) is 7.02. The van der Waals surface area contributed by atoms with Gasteiger partial charge in [0.25, 0.3) is 5.69 Å². The number of nitro groups is 1. The zero-order chi connectivity index (χ0) is 13.9. The van der Waals surface area contributed by atoms with Crippen LogP contribution >= 0.6 is 11.6 Å². The van der Waals surface area contributed by atoms with E-state index in [9.17, 15) is 10.1 Å². The lowest BCUT2D eigenvalue weighted by molar-refractivity contribution is -0.384. The maximum Gasteiger partial charge on any atom is 0.269 e. The van der Waals surface area contributed by atoms with E-state index in [0.29, 0.717) is 17.0 Å². The molecule has 5 heteroatoms. The number of nitrogens with zero attached hydrogens (tertiary/aromatic N) is 1. The summed E-state index contributed by atoms with van der Waals surface area (Å²) in [4.78, 5) is 10.3. The third kappa shape index (κ3) is 3.67. The Bertz CT molecular complexity index is 471. The van der Waals surface area contributed by atoms with Crippen LogP contribution in [-0.4, -0.2) is 11.5 Å². The highest BCUT2D eigenvalue weighted by molar-refractivity contribution is 6.31. The summed E-state index contributed by atoms with van der Waals surface area (Å²) >= 11 is 6.07. The van der Waals surface area contributed by atoms with Crippen molar-refractivity contribution >= 4 is 17.3 Å². The van der Waals surface area contributed by atoms with Gasteiger partial charge in [-0.25, -0.2) is 0 Å². The van der Waals surface area contributed by atoms with Crippen LogP contribution in [0.15, 0.2) is 18.2 Å². The molecule has 104 valence electrons. The molecular formula is C14H19ClN2O2. The first-order valence-electron chi connectivity index (χ1n) is 6.64. The minimum absolute atomic E-state index is 0.0910. The monoisotopic (exact) mass is 282 g/mol. The van der Waals surface area contributed by atoms with Crippen LogP contribution in [0.1, 0.15) is 38.2 Å². The largest absolute Gasteiger partial charge is 0.312 e. The first kappa shape index (κ1) is 14.3. The number of non-ortho nitro benzene ring substituents is 1. The Balaban J connectivity index is 1.95. The molecule has 0 radical (unpaired) electrons. The fraction of sp³-hybridized carbons (Fsp3) is 0.571. The molecule has 0 saturated heterocycles. The summed E-state index contributed by atoms with van der Waals surface area (Å²) in [5.41, 5.74) is 1.25. The van der Waals surface area contributed by atoms with Crippen molar-refractivity contribution in [3.63, 3.8) is 0 Å². The summed E-state index contributed by atoms with van der Waals surface area (Å²) in [5, 5.41) is 14.7. The molecule has 0 spiro atoms. The Morgan fingerprint density at radius 3 is 2.74 bits per heavy atom. The number of benzene rings is 1. The van der Waals surface area contributed by atoms with Gasteiger partial charge in [0.2, 0.25) is 0 Å². The van der Waals surface area contributed by atoms with Gasteiger partial charge in [0.05, 0.1) is 4.92 Å². The number of halogens is 1. The van der Waals surface area contributed by atoms with E-state index in [4.69, 9.17) is 11.6 Å². The minimum Gasteiger partial charge on any atom is -0.312 e. The van der Waals surface area contributed by atoms with E-state index in [0.717, 1.165) is 12.1 Å².